The quantitative estimate of drug-likeness (QED) is 0.316. The highest BCUT2D eigenvalue weighted by Crippen LogP contribution is 2.41. The molecule has 0 amide bonds. The molecule has 3 aromatic carbocycles. The van der Waals surface area contributed by atoms with Gasteiger partial charge in [-0.05, 0) is 42.3 Å². The molecule has 0 aliphatic carbocycles. The molecule has 0 bridgehead atoms. The van der Waals surface area contributed by atoms with E-state index >= 15 is 0 Å². The fourth-order valence-corrected chi connectivity index (χ4v) is 4.11. The van der Waals surface area contributed by atoms with E-state index in [9.17, 15) is 9.90 Å². The Balaban J connectivity index is 1.77. The third-order valence-electron chi connectivity index (χ3n) is 4.99. The average molecular weight is 456 g/mol. The molecule has 0 fully saturated rings. The second-order valence-corrected chi connectivity index (χ2v) is 7.80. The van der Waals surface area contributed by atoms with Gasteiger partial charge in [-0.15, -0.1) is 0 Å². The predicted octanol–water partition coefficient (Wildman–Crippen LogP) is 7.06. The molecule has 1 aromatic heterocycles. The number of aromatic nitrogens is 1. The molecule has 0 saturated heterocycles. The van der Waals surface area contributed by atoms with Crippen molar-refractivity contribution in [3.05, 3.63) is 82.3 Å². The van der Waals surface area contributed by atoms with Crippen LogP contribution in [0.3, 0.4) is 0 Å². The van der Waals surface area contributed by atoms with Crippen LogP contribution in [0, 0.1) is 6.92 Å². The number of rotatable bonds is 6. The zero-order valence-electron chi connectivity index (χ0n) is 16.6. The van der Waals surface area contributed by atoms with Crippen molar-refractivity contribution in [3.8, 4) is 22.8 Å². The zero-order valence-corrected chi connectivity index (χ0v) is 18.2. The van der Waals surface area contributed by atoms with Crippen molar-refractivity contribution in [3.63, 3.8) is 0 Å². The maximum Gasteiger partial charge on any atom is 0.512 e. The number of carbonyl (C=O) groups is 1. The van der Waals surface area contributed by atoms with Gasteiger partial charge in [0.1, 0.15) is 12.4 Å². The standard InChI is InChI=1S/C24H19Cl2NO4/c1-15-6-2-3-7-17(15)22-18-8-4-5-9-20(18)27(23(22)31-24(28)29)12-13-30-21-11-10-16(25)14-19(21)26/h2-11,14H,12-13H2,1H3,(H,28,29). The van der Waals surface area contributed by atoms with Crippen molar-refractivity contribution >= 4 is 40.3 Å². The molecule has 0 radical (unpaired) electrons. The van der Waals surface area contributed by atoms with Crippen LogP contribution in [0.1, 0.15) is 5.56 Å². The van der Waals surface area contributed by atoms with Crippen LogP contribution in [0.4, 0.5) is 4.79 Å². The van der Waals surface area contributed by atoms with Crippen molar-refractivity contribution in [2.45, 2.75) is 13.5 Å². The number of nitrogens with zero attached hydrogens (tertiary/aromatic N) is 1. The summed E-state index contributed by atoms with van der Waals surface area (Å²) in [5.74, 6) is 0.760. The lowest BCUT2D eigenvalue weighted by atomic mass is 10.00. The summed E-state index contributed by atoms with van der Waals surface area (Å²) in [5, 5.41) is 11.3. The van der Waals surface area contributed by atoms with E-state index in [1.807, 2.05) is 60.0 Å². The normalized spacial score (nSPS) is 10.9. The van der Waals surface area contributed by atoms with Gasteiger partial charge in [0.2, 0.25) is 5.88 Å². The molecule has 1 heterocycles. The van der Waals surface area contributed by atoms with Gasteiger partial charge < -0.3 is 19.1 Å². The van der Waals surface area contributed by atoms with Gasteiger partial charge in [-0.25, -0.2) is 4.79 Å². The molecule has 0 aliphatic heterocycles. The molecule has 4 aromatic rings. The van der Waals surface area contributed by atoms with E-state index in [2.05, 4.69) is 0 Å². The summed E-state index contributed by atoms with van der Waals surface area (Å²) in [4.78, 5) is 11.5. The molecule has 0 atom stereocenters. The van der Waals surface area contributed by atoms with Crippen molar-refractivity contribution < 1.29 is 19.4 Å². The smallest absolute Gasteiger partial charge is 0.490 e. The largest absolute Gasteiger partial charge is 0.512 e. The first kappa shape index (κ1) is 21.1. The number of hydrogen-bond donors (Lipinski definition) is 1. The minimum Gasteiger partial charge on any atom is -0.490 e. The fraction of sp³-hybridized carbons (Fsp3) is 0.125. The Labute approximate surface area is 189 Å². The maximum atomic E-state index is 11.5. The first-order valence-electron chi connectivity index (χ1n) is 9.61. The van der Waals surface area contributed by atoms with Crippen LogP contribution in [0.5, 0.6) is 11.6 Å². The van der Waals surface area contributed by atoms with Crippen molar-refractivity contribution in [2.75, 3.05) is 6.61 Å². The zero-order chi connectivity index (χ0) is 22.0. The van der Waals surface area contributed by atoms with Gasteiger partial charge >= 0.3 is 6.16 Å². The summed E-state index contributed by atoms with van der Waals surface area (Å²) in [6.07, 6.45) is -1.37. The molecular formula is C24H19Cl2NO4. The number of aryl methyl sites for hydroxylation is 1. The second kappa shape index (κ2) is 8.92. The third-order valence-corrected chi connectivity index (χ3v) is 5.52. The Morgan fingerprint density at radius 1 is 1.03 bits per heavy atom. The van der Waals surface area contributed by atoms with Gasteiger partial charge in [-0.2, -0.15) is 0 Å². The molecule has 0 unspecified atom stereocenters. The number of halogens is 2. The second-order valence-electron chi connectivity index (χ2n) is 6.96. The van der Waals surface area contributed by atoms with E-state index in [4.69, 9.17) is 32.7 Å². The van der Waals surface area contributed by atoms with E-state index < -0.39 is 6.16 Å². The lowest BCUT2D eigenvalue weighted by Crippen LogP contribution is -2.13. The highest BCUT2D eigenvalue weighted by atomic mass is 35.5. The average Bonchev–Trinajstić information content (AvgIpc) is 3.02. The summed E-state index contributed by atoms with van der Waals surface area (Å²) < 4.78 is 12.9. The first-order chi connectivity index (χ1) is 15.0. The lowest BCUT2D eigenvalue weighted by Gasteiger charge is -2.13. The lowest BCUT2D eigenvalue weighted by molar-refractivity contribution is 0.140. The van der Waals surface area contributed by atoms with Gasteiger partial charge in [0.15, 0.2) is 0 Å². The van der Waals surface area contributed by atoms with E-state index in [0.29, 0.717) is 22.3 Å². The number of para-hydroxylation sites is 1. The minimum absolute atomic E-state index is 0.253. The summed E-state index contributed by atoms with van der Waals surface area (Å²) in [5.41, 5.74) is 3.52. The summed E-state index contributed by atoms with van der Waals surface area (Å²) in [6.45, 7) is 2.59. The fourth-order valence-electron chi connectivity index (χ4n) is 3.64. The van der Waals surface area contributed by atoms with Crippen LogP contribution in [0.15, 0.2) is 66.7 Å². The molecule has 31 heavy (non-hydrogen) atoms. The Morgan fingerprint density at radius 2 is 1.77 bits per heavy atom. The Kier molecular flexibility index (Phi) is 6.07. The van der Waals surface area contributed by atoms with Gasteiger partial charge in [0, 0.05) is 10.4 Å². The SMILES string of the molecule is Cc1ccccc1-c1c(OC(=O)O)n(CCOc2ccc(Cl)cc2Cl)c2ccccc12. The predicted molar refractivity (Wildman–Crippen MR) is 123 cm³/mol. The van der Waals surface area contributed by atoms with Crippen LogP contribution >= 0.6 is 23.2 Å². The van der Waals surface area contributed by atoms with E-state index in [-0.39, 0.29) is 12.5 Å². The van der Waals surface area contributed by atoms with Crippen LogP contribution < -0.4 is 9.47 Å². The summed E-state index contributed by atoms with van der Waals surface area (Å²) >= 11 is 12.1. The number of fused-ring (bicyclic) bond motifs is 1. The highest BCUT2D eigenvalue weighted by Gasteiger charge is 2.23. The Hall–Kier alpha value is -3.15. The van der Waals surface area contributed by atoms with Gasteiger partial charge in [-0.1, -0.05) is 65.7 Å². The van der Waals surface area contributed by atoms with Crippen LogP contribution in [-0.4, -0.2) is 22.4 Å². The summed E-state index contributed by atoms with van der Waals surface area (Å²) in [7, 11) is 0. The van der Waals surface area contributed by atoms with Gasteiger partial charge in [0.25, 0.3) is 0 Å². The van der Waals surface area contributed by atoms with E-state index in [1.54, 1.807) is 18.2 Å². The van der Waals surface area contributed by atoms with Crippen molar-refractivity contribution in [2.24, 2.45) is 0 Å². The molecule has 0 aliphatic rings. The molecule has 7 heteroatoms. The maximum absolute atomic E-state index is 11.5. The van der Waals surface area contributed by atoms with Crippen LogP contribution in [0.25, 0.3) is 22.0 Å². The molecule has 158 valence electrons. The van der Waals surface area contributed by atoms with Gasteiger partial charge in [-0.3, -0.25) is 0 Å². The number of benzene rings is 3. The number of hydrogen-bond acceptors (Lipinski definition) is 3. The van der Waals surface area contributed by atoms with Crippen LogP contribution in [0.2, 0.25) is 10.0 Å². The topological polar surface area (TPSA) is 60.7 Å². The van der Waals surface area contributed by atoms with Crippen molar-refractivity contribution in [1.82, 2.24) is 4.57 Å². The van der Waals surface area contributed by atoms with E-state index in [1.165, 1.54) is 0 Å². The molecule has 5 nitrogen and oxygen atoms in total. The van der Waals surface area contributed by atoms with Gasteiger partial charge in [0.05, 0.1) is 22.6 Å². The van der Waals surface area contributed by atoms with Crippen LogP contribution in [-0.2, 0) is 6.54 Å². The van der Waals surface area contributed by atoms with Crippen molar-refractivity contribution in [1.29, 1.82) is 0 Å². The molecule has 0 saturated carbocycles. The molecule has 1 N–H and O–H groups in total. The summed E-state index contributed by atoms with van der Waals surface area (Å²) in [6, 6.07) is 20.5. The highest BCUT2D eigenvalue weighted by molar-refractivity contribution is 6.35. The minimum atomic E-state index is -1.37. The molecule has 0 spiro atoms. The molecule has 4 rings (SSSR count). The number of carboxylic acid groups (broad SMARTS) is 1. The third kappa shape index (κ3) is 4.33. The number of ether oxygens (including phenoxy) is 2. The Morgan fingerprint density at radius 3 is 2.52 bits per heavy atom. The first-order valence-corrected chi connectivity index (χ1v) is 10.4. The Bertz CT molecular complexity index is 1270. The van der Waals surface area contributed by atoms with E-state index in [0.717, 1.165) is 27.6 Å². The monoisotopic (exact) mass is 455 g/mol. The molecular weight excluding hydrogens is 437 g/mol.